The van der Waals surface area contributed by atoms with Gasteiger partial charge in [0.15, 0.2) is 0 Å². The minimum atomic E-state index is -0.647. The van der Waals surface area contributed by atoms with E-state index in [1.807, 2.05) is 0 Å². The van der Waals surface area contributed by atoms with E-state index in [2.05, 4.69) is 10.6 Å². The van der Waals surface area contributed by atoms with Crippen LogP contribution in [-0.2, 0) is 9.59 Å². The van der Waals surface area contributed by atoms with Crippen molar-refractivity contribution in [3.05, 3.63) is 69.8 Å². The van der Waals surface area contributed by atoms with Gasteiger partial charge < -0.3 is 10.6 Å². The van der Waals surface area contributed by atoms with Gasteiger partial charge in [-0.15, -0.1) is 0 Å². The van der Waals surface area contributed by atoms with Crippen LogP contribution in [0.2, 0.25) is 5.02 Å². The molecule has 1 fully saturated rings. The minimum absolute atomic E-state index is 0.0361. The molecule has 1 aliphatic carbocycles. The number of amides is 3. The van der Waals surface area contributed by atoms with Gasteiger partial charge in [0.05, 0.1) is 10.7 Å². The quantitative estimate of drug-likeness (QED) is 0.629. The highest BCUT2D eigenvalue weighted by molar-refractivity contribution is 6.53. The number of nitrogens with one attached hydrogen (secondary N) is 2. The van der Waals surface area contributed by atoms with E-state index >= 15 is 0 Å². The molecule has 6 nitrogen and oxygen atoms in total. The molecule has 0 atom stereocenters. The van der Waals surface area contributed by atoms with E-state index in [0.717, 1.165) is 30.6 Å². The normalized spacial score (nSPS) is 17.3. The lowest BCUT2D eigenvalue weighted by molar-refractivity contribution is -0.120. The minimum Gasteiger partial charge on any atom is -0.350 e. The number of imide groups is 1. The van der Waals surface area contributed by atoms with E-state index in [1.165, 1.54) is 6.42 Å². The molecule has 1 aliphatic heterocycles. The van der Waals surface area contributed by atoms with Gasteiger partial charge in [0.25, 0.3) is 17.7 Å². The maximum Gasteiger partial charge on any atom is 0.283 e. The van der Waals surface area contributed by atoms with Gasteiger partial charge in [-0.3, -0.25) is 14.4 Å². The van der Waals surface area contributed by atoms with Crippen molar-refractivity contribution in [3.63, 3.8) is 0 Å². The molecule has 1 saturated carbocycles. The largest absolute Gasteiger partial charge is 0.350 e. The van der Waals surface area contributed by atoms with Crippen molar-refractivity contribution >= 4 is 52.3 Å². The van der Waals surface area contributed by atoms with Crippen LogP contribution in [0.3, 0.4) is 0 Å². The smallest absolute Gasteiger partial charge is 0.283 e. The Morgan fingerprint density at radius 3 is 2.26 bits per heavy atom. The molecule has 8 heteroatoms. The summed E-state index contributed by atoms with van der Waals surface area (Å²) in [6.45, 7) is 0. The third-order valence-corrected chi connectivity index (χ3v) is 6.15. The molecule has 0 bridgehead atoms. The number of nitrogens with zero attached hydrogens (tertiary/aromatic N) is 1. The second-order valence-electron chi connectivity index (χ2n) is 7.60. The first-order valence-electron chi connectivity index (χ1n) is 10.2. The molecule has 2 N–H and O–H groups in total. The Kier molecular flexibility index (Phi) is 6.30. The molecule has 2 aromatic rings. The summed E-state index contributed by atoms with van der Waals surface area (Å²) in [5.74, 6) is -1.36. The lowest BCUT2D eigenvalue weighted by atomic mass is 9.95. The third-order valence-electron chi connectivity index (χ3n) is 5.48. The van der Waals surface area contributed by atoms with Crippen molar-refractivity contribution in [1.82, 2.24) is 5.32 Å². The Hall–Kier alpha value is -2.83. The average Bonchev–Trinajstić information content (AvgIpc) is 2.98. The van der Waals surface area contributed by atoms with Crippen LogP contribution in [0, 0.1) is 0 Å². The lowest BCUT2D eigenvalue weighted by Crippen LogP contribution is -2.36. The van der Waals surface area contributed by atoms with Crippen molar-refractivity contribution in [1.29, 1.82) is 0 Å². The van der Waals surface area contributed by atoms with Crippen molar-refractivity contribution in [2.45, 2.75) is 38.1 Å². The summed E-state index contributed by atoms with van der Waals surface area (Å²) in [5.41, 5.74) is 1.29. The predicted octanol–water partition coefficient (Wildman–Crippen LogP) is 4.84. The zero-order valence-corrected chi connectivity index (χ0v) is 18.2. The number of carbonyl (C=O) groups excluding carboxylic acids is 3. The molecule has 2 aromatic carbocycles. The first-order chi connectivity index (χ1) is 15.0. The molecule has 0 saturated heterocycles. The standard InChI is InChI=1S/C23H21Cl2N3O3/c24-17-8-4-5-9-18(17)28-22(30)19(25)20(23(28)31)26-16-12-10-14(11-13-16)21(29)27-15-6-2-1-3-7-15/h4-5,8-13,15,26H,1-3,6-7H2,(H,27,29). The van der Waals surface area contributed by atoms with Gasteiger partial charge in [0.1, 0.15) is 10.7 Å². The van der Waals surface area contributed by atoms with Crippen LogP contribution >= 0.6 is 23.2 Å². The highest BCUT2D eigenvalue weighted by Crippen LogP contribution is 2.34. The third kappa shape index (κ3) is 4.45. The first kappa shape index (κ1) is 21.4. The summed E-state index contributed by atoms with van der Waals surface area (Å²) in [6.07, 6.45) is 5.52. The summed E-state index contributed by atoms with van der Waals surface area (Å²) in [6, 6.07) is 13.4. The number of rotatable bonds is 5. The number of benzene rings is 2. The molecule has 0 unspecified atom stereocenters. The topological polar surface area (TPSA) is 78.5 Å². The summed E-state index contributed by atoms with van der Waals surface area (Å²) < 4.78 is 0. The zero-order valence-electron chi connectivity index (χ0n) is 16.7. The highest BCUT2D eigenvalue weighted by atomic mass is 35.5. The van der Waals surface area contributed by atoms with Gasteiger partial charge in [-0.1, -0.05) is 54.6 Å². The number of hydrogen-bond donors (Lipinski definition) is 2. The molecule has 2 aliphatic rings. The van der Waals surface area contributed by atoms with Crippen LogP contribution < -0.4 is 15.5 Å². The van der Waals surface area contributed by atoms with Crippen LogP contribution in [0.15, 0.2) is 59.3 Å². The van der Waals surface area contributed by atoms with Crippen LogP contribution in [-0.4, -0.2) is 23.8 Å². The monoisotopic (exact) mass is 457 g/mol. The molecule has 0 radical (unpaired) electrons. The fraction of sp³-hybridized carbons (Fsp3) is 0.261. The van der Waals surface area contributed by atoms with Crippen LogP contribution in [0.5, 0.6) is 0 Å². The van der Waals surface area contributed by atoms with Gasteiger partial charge in [0, 0.05) is 17.3 Å². The Balaban J connectivity index is 1.46. The van der Waals surface area contributed by atoms with E-state index in [4.69, 9.17) is 23.2 Å². The first-order valence-corrected chi connectivity index (χ1v) is 10.9. The van der Waals surface area contributed by atoms with Crippen molar-refractivity contribution < 1.29 is 14.4 Å². The lowest BCUT2D eigenvalue weighted by Gasteiger charge is -2.22. The fourth-order valence-corrected chi connectivity index (χ4v) is 4.26. The fourth-order valence-electron chi connectivity index (χ4n) is 3.83. The summed E-state index contributed by atoms with van der Waals surface area (Å²) in [5, 5.41) is 6.02. The van der Waals surface area contributed by atoms with E-state index in [-0.39, 0.29) is 33.4 Å². The van der Waals surface area contributed by atoms with Gasteiger partial charge >= 0.3 is 0 Å². The molecule has 0 spiro atoms. The highest BCUT2D eigenvalue weighted by Gasteiger charge is 2.39. The van der Waals surface area contributed by atoms with Gasteiger partial charge in [-0.05, 0) is 49.2 Å². The van der Waals surface area contributed by atoms with Crippen molar-refractivity contribution in [2.75, 3.05) is 10.2 Å². The van der Waals surface area contributed by atoms with Gasteiger partial charge in [-0.2, -0.15) is 0 Å². The maximum atomic E-state index is 12.9. The summed E-state index contributed by atoms with van der Waals surface area (Å²) >= 11 is 12.3. The molecule has 4 rings (SSSR count). The number of hydrogen-bond acceptors (Lipinski definition) is 4. The molecule has 0 aromatic heterocycles. The molecular formula is C23H21Cl2N3O3. The number of halogens is 2. The SMILES string of the molecule is O=C(NC1CCCCC1)c1ccc(NC2=C(Cl)C(=O)N(c3ccccc3Cl)C2=O)cc1. The van der Waals surface area contributed by atoms with Crippen LogP contribution in [0.1, 0.15) is 42.5 Å². The molecule has 160 valence electrons. The van der Waals surface area contributed by atoms with E-state index in [0.29, 0.717) is 11.3 Å². The van der Waals surface area contributed by atoms with Crippen LogP contribution in [0.4, 0.5) is 11.4 Å². The maximum absolute atomic E-state index is 12.9. The predicted molar refractivity (Wildman–Crippen MR) is 121 cm³/mol. The Bertz CT molecular complexity index is 1060. The molecule has 1 heterocycles. The van der Waals surface area contributed by atoms with Crippen molar-refractivity contribution in [3.8, 4) is 0 Å². The van der Waals surface area contributed by atoms with E-state index in [1.54, 1.807) is 48.5 Å². The van der Waals surface area contributed by atoms with Crippen LogP contribution in [0.25, 0.3) is 0 Å². The zero-order chi connectivity index (χ0) is 22.0. The summed E-state index contributed by atoms with van der Waals surface area (Å²) in [7, 11) is 0. The van der Waals surface area contributed by atoms with Gasteiger partial charge in [0.2, 0.25) is 0 Å². The molecule has 3 amide bonds. The number of anilines is 2. The summed E-state index contributed by atoms with van der Waals surface area (Å²) in [4.78, 5) is 38.8. The van der Waals surface area contributed by atoms with Crippen molar-refractivity contribution in [2.24, 2.45) is 0 Å². The van der Waals surface area contributed by atoms with E-state index < -0.39 is 11.8 Å². The number of carbonyl (C=O) groups is 3. The van der Waals surface area contributed by atoms with Gasteiger partial charge in [-0.25, -0.2) is 4.90 Å². The Morgan fingerprint density at radius 2 is 1.58 bits per heavy atom. The molecular weight excluding hydrogens is 437 g/mol. The average molecular weight is 458 g/mol. The van der Waals surface area contributed by atoms with E-state index in [9.17, 15) is 14.4 Å². The Morgan fingerprint density at radius 1 is 0.903 bits per heavy atom. The molecule has 31 heavy (non-hydrogen) atoms. The second-order valence-corrected chi connectivity index (χ2v) is 8.38. The Labute approximate surface area is 190 Å². The second kappa shape index (κ2) is 9.12. The number of para-hydroxylation sites is 1.